The minimum atomic E-state index is 0.463. The van der Waals surface area contributed by atoms with Crippen molar-refractivity contribution in [2.45, 2.75) is 13.8 Å². The summed E-state index contributed by atoms with van der Waals surface area (Å²) in [4.78, 5) is 4.57. The van der Waals surface area contributed by atoms with Crippen molar-refractivity contribution in [3.05, 3.63) is 71.8 Å². The molecule has 0 aliphatic rings. The lowest BCUT2D eigenvalue weighted by molar-refractivity contribution is 0.412. The van der Waals surface area contributed by atoms with Crippen molar-refractivity contribution in [3.8, 4) is 16.9 Å². The van der Waals surface area contributed by atoms with Crippen LogP contribution in [-0.2, 0) is 0 Å². The molecule has 4 rings (SSSR count). The van der Waals surface area contributed by atoms with E-state index in [-0.39, 0.29) is 0 Å². The molecule has 1 N–H and O–H groups in total. The van der Waals surface area contributed by atoms with Gasteiger partial charge in [-0.15, -0.1) is 0 Å². The number of aryl methyl sites for hydroxylation is 2. The topological polar surface area (TPSA) is 47.3 Å². The van der Waals surface area contributed by atoms with Crippen LogP contribution in [0.4, 0.5) is 11.7 Å². The van der Waals surface area contributed by atoms with Crippen LogP contribution in [0.25, 0.3) is 22.2 Å². The van der Waals surface area contributed by atoms with Crippen molar-refractivity contribution in [1.29, 1.82) is 0 Å². The van der Waals surface area contributed by atoms with E-state index in [1.807, 2.05) is 37.3 Å². The van der Waals surface area contributed by atoms with E-state index >= 15 is 0 Å². The molecule has 0 spiro atoms. The normalized spacial score (nSPS) is 10.9. The molecule has 0 fully saturated rings. The minimum absolute atomic E-state index is 0.463. The number of para-hydroxylation sites is 1. The summed E-state index contributed by atoms with van der Waals surface area (Å²) in [5.41, 5.74) is 6.93. The van der Waals surface area contributed by atoms with Gasteiger partial charge in [-0.1, -0.05) is 48.0 Å². The first kappa shape index (κ1) is 16.2. The number of hydrogen-bond acceptors (Lipinski definition) is 4. The number of methoxy groups -OCH3 is 1. The van der Waals surface area contributed by atoms with Gasteiger partial charge in [0.15, 0.2) is 5.58 Å². The molecule has 0 aliphatic carbocycles. The summed E-state index contributed by atoms with van der Waals surface area (Å²) in [6, 6.07) is 20.8. The fourth-order valence-electron chi connectivity index (χ4n) is 2.98. The molecule has 0 bridgehead atoms. The third kappa shape index (κ3) is 3.02. The molecule has 0 amide bonds. The van der Waals surface area contributed by atoms with Crippen LogP contribution in [0.15, 0.2) is 65.1 Å². The maximum atomic E-state index is 6.03. The molecule has 0 aliphatic heterocycles. The highest BCUT2D eigenvalue weighted by atomic mass is 16.5. The van der Waals surface area contributed by atoms with E-state index in [1.54, 1.807) is 7.11 Å². The van der Waals surface area contributed by atoms with Gasteiger partial charge in [-0.05, 0) is 37.1 Å². The van der Waals surface area contributed by atoms with Gasteiger partial charge in [0.05, 0.1) is 7.11 Å². The van der Waals surface area contributed by atoms with E-state index in [4.69, 9.17) is 9.15 Å². The van der Waals surface area contributed by atoms with Crippen LogP contribution in [0.2, 0.25) is 0 Å². The third-order valence-electron chi connectivity index (χ3n) is 4.44. The predicted molar refractivity (Wildman–Crippen MR) is 105 cm³/mol. The second-order valence-electron chi connectivity index (χ2n) is 6.35. The Morgan fingerprint density at radius 3 is 2.54 bits per heavy atom. The Balaban J connectivity index is 1.72. The summed E-state index contributed by atoms with van der Waals surface area (Å²) in [7, 11) is 1.67. The van der Waals surface area contributed by atoms with Crippen molar-refractivity contribution in [3.63, 3.8) is 0 Å². The van der Waals surface area contributed by atoms with Crippen LogP contribution < -0.4 is 10.1 Å². The van der Waals surface area contributed by atoms with Gasteiger partial charge in [-0.25, -0.2) is 0 Å². The molecular weight excluding hydrogens is 324 g/mol. The number of nitrogens with zero attached hydrogens (tertiary/aromatic N) is 1. The van der Waals surface area contributed by atoms with Crippen LogP contribution in [0.1, 0.15) is 11.1 Å². The molecule has 26 heavy (non-hydrogen) atoms. The highest BCUT2D eigenvalue weighted by molar-refractivity contribution is 5.91. The molecule has 0 radical (unpaired) electrons. The van der Waals surface area contributed by atoms with E-state index in [9.17, 15) is 0 Å². The van der Waals surface area contributed by atoms with Gasteiger partial charge in [0, 0.05) is 17.3 Å². The highest BCUT2D eigenvalue weighted by Gasteiger charge is 2.12. The summed E-state index contributed by atoms with van der Waals surface area (Å²) in [6.45, 7) is 4.09. The predicted octanol–water partition coefficient (Wildman–Crippen LogP) is 5.86. The fourth-order valence-corrected chi connectivity index (χ4v) is 2.98. The van der Waals surface area contributed by atoms with Crippen molar-refractivity contribution < 1.29 is 9.15 Å². The van der Waals surface area contributed by atoms with Crippen LogP contribution in [0, 0.1) is 13.8 Å². The Kier molecular flexibility index (Phi) is 4.09. The van der Waals surface area contributed by atoms with Gasteiger partial charge in [0.2, 0.25) is 0 Å². The van der Waals surface area contributed by atoms with Gasteiger partial charge < -0.3 is 14.5 Å². The number of oxazole rings is 1. The van der Waals surface area contributed by atoms with Crippen molar-refractivity contribution in [1.82, 2.24) is 4.98 Å². The zero-order chi connectivity index (χ0) is 18.1. The molecule has 0 unspecified atom stereocenters. The first-order valence-corrected chi connectivity index (χ1v) is 8.52. The van der Waals surface area contributed by atoms with Gasteiger partial charge in [-0.3, -0.25) is 0 Å². The average molecular weight is 344 g/mol. The second-order valence-corrected chi connectivity index (χ2v) is 6.35. The summed E-state index contributed by atoms with van der Waals surface area (Å²) < 4.78 is 11.4. The van der Waals surface area contributed by atoms with E-state index in [0.717, 1.165) is 39.2 Å². The fraction of sp³-hybridized carbons (Fsp3) is 0.136. The lowest BCUT2D eigenvalue weighted by atomic mass is 10.0. The SMILES string of the molecule is COc1cc(Nc2nc3cccc(-c4ccc(C)cc4)c3o2)ccc1C. The standard InChI is InChI=1S/C22H20N2O2/c1-14-7-10-16(11-8-14)18-5-4-6-19-21(18)26-22(24-19)23-17-12-9-15(2)20(13-17)25-3/h4-13H,1-3H3,(H,23,24). The summed E-state index contributed by atoms with van der Waals surface area (Å²) >= 11 is 0. The Bertz CT molecular complexity index is 1070. The zero-order valence-corrected chi connectivity index (χ0v) is 15.0. The molecule has 0 saturated carbocycles. The Labute approximate surface area is 152 Å². The first-order chi connectivity index (χ1) is 12.6. The molecule has 1 heterocycles. The largest absolute Gasteiger partial charge is 0.496 e. The van der Waals surface area contributed by atoms with E-state index < -0.39 is 0 Å². The van der Waals surface area contributed by atoms with Gasteiger partial charge in [-0.2, -0.15) is 4.98 Å². The lowest BCUT2D eigenvalue weighted by Gasteiger charge is -2.07. The number of nitrogens with one attached hydrogen (secondary N) is 1. The van der Waals surface area contributed by atoms with E-state index in [2.05, 4.69) is 47.6 Å². The number of aromatic nitrogens is 1. The number of ether oxygens (including phenoxy) is 1. The quantitative estimate of drug-likeness (QED) is 0.503. The molecule has 0 saturated heterocycles. The summed E-state index contributed by atoms with van der Waals surface area (Å²) in [6.07, 6.45) is 0. The van der Waals surface area contributed by atoms with Gasteiger partial charge in [0.25, 0.3) is 6.01 Å². The molecule has 4 nitrogen and oxygen atoms in total. The summed E-state index contributed by atoms with van der Waals surface area (Å²) in [5, 5.41) is 3.23. The summed E-state index contributed by atoms with van der Waals surface area (Å²) in [5.74, 6) is 0.825. The second kappa shape index (κ2) is 6.56. The van der Waals surface area contributed by atoms with E-state index in [0.29, 0.717) is 6.01 Å². The van der Waals surface area contributed by atoms with Crippen LogP contribution in [0.3, 0.4) is 0 Å². The number of fused-ring (bicyclic) bond motifs is 1. The monoisotopic (exact) mass is 344 g/mol. The van der Waals surface area contributed by atoms with E-state index in [1.165, 1.54) is 5.56 Å². The highest BCUT2D eigenvalue weighted by Crippen LogP contribution is 2.32. The van der Waals surface area contributed by atoms with Crippen LogP contribution in [0.5, 0.6) is 5.75 Å². The maximum absolute atomic E-state index is 6.03. The Morgan fingerprint density at radius 1 is 0.962 bits per heavy atom. The molecule has 1 aromatic heterocycles. The first-order valence-electron chi connectivity index (χ1n) is 8.52. The number of hydrogen-bond donors (Lipinski definition) is 1. The zero-order valence-electron chi connectivity index (χ0n) is 15.0. The maximum Gasteiger partial charge on any atom is 0.300 e. The number of anilines is 2. The molecule has 130 valence electrons. The molecule has 4 aromatic rings. The van der Waals surface area contributed by atoms with Gasteiger partial charge in [0.1, 0.15) is 11.3 Å². The van der Waals surface area contributed by atoms with Crippen molar-refractivity contribution in [2.75, 3.05) is 12.4 Å². The average Bonchev–Trinajstić information content (AvgIpc) is 3.06. The van der Waals surface area contributed by atoms with Gasteiger partial charge >= 0.3 is 0 Å². The third-order valence-corrected chi connectivity index (χ3v) is 4.44. The Morgan fingerprint density at radius 2 is 1.77 bits per heavy atom. The van der Waals surface area contributed by atoms with Crippen LogP contribution >= 0.6 is 0 Å². The smallest absolute Gasteiger partial charge is 0.300 e. The molecule has 4 heteroatoms. The minimum Gasteiger partial charge on any atom is -0.496 e. The molecule has 0 atom stereocenters. The lowest BCUT2D eigenvalue weighted by Crippen LogP contribution is -1.93. The molecular formula is C22H20N2O2. The van der Waals surface area contributed by atoms with Crippen LogP contribution in [-0.4, -0.2) is 12.1 Å². The Hall–Kier alpha value is -3.27. The molecule has 3 aromatic carbocycles. The van der Waals surface area contributed by atoms with Crippen molar-refractivity contribution in [2.24, 2.45) is 0 Å². The number of benzene rings is 3. The number of rotatable bonds is 4. The van der Waals surface area contributed by atoms with Crippen molar-refractivity contribution >= 4 is 22.8 Å².